The molecule has 2 amide bonds. The lowest BCUT2D eigenvalue weighted by Crippen LogP contribution is -2.27. The van der Waals surface area contributed by atoms with Crippen molar-refractivity contribution in [3.05, 3.63) is 111 Å². The second kappa shape index (κ2) is 10.7. The van der Waals surface area contributed by atoms with E-state index in [-0.39, 0.29) is 11.5 Å². The number of amides is 2. The zero-order valence-corrected chi connectivity index (χ0v) is 22.5. The number of aryl methyl sites for hydroxylation is 1. The summed E-state index contributed by atoms with van der Waals surface area (Å²) in [4.78, 5) is 53.5. The van der Waals surface area contributed by atoms with Crippen LogP contribution in [-0.2, 0) is 16.0 Å². The second-order valence-corrected chi connectivity index (χ2v) is 10.0. The molecule has 9 nitrogen and oxygen atoms in total. The van der Waals surface area contributed by atoms with E-state index in [1.807, 2.05) is 13.8 Å². The lowest BCUT2D eigenvalue weighted by Gasteiger charge is -2.10. The number of hydrogen-bond acceptors (Lipinski definition) is 4. The first-order chi connectivity index (χ1) is 19.5. The van der Waals surface area contributed by atoms with Crippen LogP contribution in [0.25, 0.3) is 17.3 Å². The molecule has 0 spiro atoms. The number of carboxylic acid groups (broad SMARTS) is 1. The summed E-state index contributed by atoms with van der Waals surface area (Å²) in [6, 6.07) is 13.3. The summed E-state index contributed by atoms with van der Waals surface area (Å²) in [7, 11) is 0. The van der Waals surface area contributed by atoms with Crippen molar-refractivity contribution in [1.29, 1.82) is 0 Å². The van der Waals surface area contributed by atoms with E-state index in [0.29, 0.717) is 40.3 Å². The number of aromatic nitrogens is 2. The first kappa shape index (κ1) is 27.3. The van der Waals surface area contributed by atoms with Gasteiger partial charge in [0.2, 0.25) is 0 Å². The van der Waals surface area contributed by atoms with Crippen LogP contribution in [0.2, 0.25) is 0 Å². The van der Waals surface area contributed by atoms with Gasteiger partial charge in [0, 0.05) is 34.5 Å². The molecular formula is C31H27FN4O5. The van der Waals surface area contributed by atoms with Gasteiger partial charge < -0.3 is 20.7 Å². The molecule has 0 aliphatic carbocycles. The van der Waals surface area contributed by atoms with Crippen LogP contribution in [0, 0.1) is 25.6 Å². The number of rotatable bonds is 7. The number of aliphatic carboxylic acids is 1. The molecule has 5 rings (SSSR count). The van der Waals surface area contributed by atoms with Crippen LogP contribution in [0.15, 0.2) is 65.6 Å². The van der Waals surface area contributed by atoms with E-state index in [4.69, 9.17) is 0 Å². The molecule has 1 aliphatic rings. The third-order valence-electron chi connectivity index (χ3n) is 7.21. The fourth-order valence-corrected chi connectivity index (χ4v) is 4.89. The van der Waals surface area contributed by atoms with Crippen molar-refractivity contribution in [2.45, 2.75) is 27.2 Å². The third kappa shape index (κ3) is 5.31. The molecule has 0 saturated carbocycles. The monoisotopic (exact) mass is 554 g/mol. The Hall–Kier alpha value is -5.25. The van der Waals surface area contributed by atoms with Gasteiger partial charge in [0.1, 0.15) is 11.4 Å². The Balaban J connectivity index is 1.39. The summed E-state index contributed by atoms with van der Waals surface area (Å²) in [6.07, 6.45) is 3.60. The van der Waals surface area contributed by atoms with Crippen LogP contribution in [0.5, 0.6) is 0 Å². The molecule has 1 unspecified atom stereocenters. The van der Waals surface area contributed by atoms with E-state index in [0.717, 1.165) is 16.8 Å². The third-order valence-corrected chi connectivity index (χ3v) is 7.21. The van der Waals surface area contributed by atoms with Crippen LogP contribution >= 0.6 is 0 Å². The molecule has 208 valence electrons. The van der Waals surface area contributed by atoms with Crippen LogP contribution in [0.3, 0.4) is 0 Å². The number of aromatic amines is 1. The minimum atomic E-state index is -0.872. The van der Waals surface area contributed by atoms with Crippen LogP contribution in [0.1, 0.15) is 45.4 Å². The van der Waals surface area contributed by atoms with Crippen molar-refractivity contribution >= 4 is 40.8 Å². The smallest absolute Gasteiger partial charge is 0.306 e. The van der Waals surface area contributed by atoms with Crippen LogP contribution in [0.4, 0.5) is 15.8 Å². The highest BCUT2D eigenvalue weighted by Gasteiger charge is 2.26. The lowest BCUT2D eigenvalue weighted by atomic mass is 9.97. The summed E-state index contributed by atoms with van der Waals surface area (Å²) in [6.45, 7) is 5.42. The number of carbonyl (C=O) groups is 3. The highest BCUT2D eigenvalue weighted by atomic mass is 19.1. The summed E-state index contributed by atoms with van der Waals surface area (Å²) in [5.41, 5.74) is 5.03. The molecule has 2 aromatic heterocycles. The summed E-state index contributed by atoms with van der Waals surface area (Å²) in [5.74, 6) is -2.81. The van der Waals surface area contributed by atoms with Crippen molar-refractivity contribution in [1.82, 2.24) is 9.55 Å². The van der Waals surface area contributed by atoms with Gasteiger partial charge in [0.05, 0.1) is 17.2 Å². The average molecular weight is 555 g/mol. The average Bonchev–Trinajstić information content (AvgIpc) is 3.38. The normalized spacial score (nSPS) is 14.0. The lowest BCUT2D eigenvalue weighted by molar-refractivity contribution is -0.141. The van der Waals surface area contributed by atoms with Gasteiger partial charge in [0.25, 0.3) is 17.4 Å². The maximum absolute atomic E-state index is 13.3. The number of fused-ring (bicyclic) bond motifs is 1. The van der Waals surface area contributed by atoms with Crippen molar-refractivity contribution in [3.8, 4) is 5.69 Å². The Bertz CT molecular complexity index is 1800. The number of carbonyl (C=O) groups excluding carboxylic acids is 2. The standard InChI is InChI=1S/C31H27FN4O5/c1-16(31(40)41)13-24-17(2)26(33-18(24)3)15-25-22-11-8-20(14-27(22)35-29(25)38)34-28(37)23-5-4-12-36(30(23)39)21-9-6-19(32)7-10-21/h4-12,14-16,33H,13H2,1-3H3,(H,34,37)(H,35,38)(H,40,41). The van der Waals surface area contributed by atoms with E-state index < -0.39 is 29.2 Å². The summed E-state index contributed by atoms with van der Waals surface area (Å²) < 4.78 is 14.6. The molecule has 41 heavy (non-hydrogen) atoms. The molecule has 3 heterocycles. The number of benzene rings is 2. The molecule has 2 aromatic carbocycles. The van der Waals surface area contributed by atoms with E-state index in [1.54, 1.807) is 37.3 Å². The predicted molar refractivity (Wildman–Crippen MR) is 154 cm³/mol. The Morgan fingerprint density at radius 1 is 1.10 bits per heavy atom. The van der Waals surface area contributed by atoms with Crippen molar-refractivity contribution in [2.75, 3.05) is 10.6 Å². The Morgan fingerprint density at radius 3 is 2.54 bits per heavy atom. The van der Waals surface area contributed by atoms with Gasteiger partial charge in [0.15, 0.2) is 0 Å². The Morgan fingerprint density at radius 2 is 1.83 bits per heavy atom. The first-order valence-electron chi connectivity index (χ1n) is 12.9. The molecule has 0 saturated heterocycles. The number of anilines is 2. The number of pyridine rings is 1. The van der Waals surface area contributed by atoms with Gasteiger partial charge in [-0.2, -0.15) is 0 Å². The molecule has 10 heteroatoms. The maximum atomic E-state index is 13.3. The molecule has 0 radical (unpaired) electrons. The number of nitrogens with zero attached hydrogens (tertiary/aromatic N) is 1. The molecule has 1 aliphatic heterocycles. The van der Waals surface area contributed by atoms with E-state index in [1.165, 1.54) is 41.1 Å². The number of carboxylic acids is 1. The largest absolute Gasteiger partial charge is 0.481 e. The molecule has 0 bridgehead atoms. The van der Waals surface area contributed by atoms with Crippen molar-refractivity contribution < 1.29 is 23.9 Å². The topological polar surface area (TPSA) is 133 Å². The zero-order chi connectivity index (χ0) is 29.4. The highest BCUT2D eigenvalue weighted by molar-refractivity contribution is 6.35. The zero-order valence-electron chi connectivity index (χ0n) is 22.5. The van der Waals surface area contributed by atoms with Crippen LogP contribution < -0.4 is 16.2 Å². The van der Waals surface area contributed by atoms with Gasteiger partial charge in [-0.25, -0.2) is 4.39 Å². The predicted octanol–water partition coefficient (Wildman–Crippen LogP) is 4.93. The van der Waals surface area contributed by atoms with Gasteiger partial charge in [-0.1, -0.05) is 13.0 Å². The number of nitrogens with one attached hydrogen (secondary N) is 3. The van der Waals surface area contributed by atoms with Crippen LogP contribution in [-0.4, -0.2) is 32.4 Å². The van der Waals surface area contributed by atoms with Crippen molar-refractivity contribution in [3.63, 3.8) is 0 Å². The Labute approximate surface area is 234 Å². The SMILES string of the molecule is Cc1[nH]c(C=C2C(=O)Nc3cc(NC(=O)c4cccn(-c5ccc(F)cc5)c4=O)ccc32)c(C)c1CC(C)C(=O)O. The number of halogens is 1. The van der Waals surface area contributed by atoms with Crippen molar-refractivity contribution in [2.24, 2.45) is 5.92 Å². The quantitative estimate of drug-likeness (QED) is 0.241. The maximum Gasteiger partial charge on any atom is 0.306 e. The van der Waals surface area contributed by atoms with Gasteiger partial charge in [-0.3, -0.25) is 23.7 Å². The number of H-pyrrole nitrogens is 1. The second-order valence-electron chi connectivity index (χ2n) is 10.0. The van der Waals surface area contributed by atoms with E-state index in [2.05, 4.69) is 15.6 Å². The van der Waals surface area contributed by atoms with E-state index in [9.17, 15) is 28.7 Å². The highest BCUT2D eigenvalue weighted by Crippen LogP contribution is 2.36. The molecule has 0 fully saturated rings. The summed E-state index contributed by atoms with van der Waals surface area (Å²) >= 11 is 0. The molecule has 4 N–H and O–H groups in total. The fraction of sp³-hybridized carbons (Fsp3) is 0.161. The Kier molecular flexibility index (Phi) is 7.15. The fourth-order valence-electron chi connectivity index (χ4n) is 4.89. The summed E-state index contributed by atoms with van der Waals surface area (Å²) in [5, 5.41) is 14.8. The van der Waals surface area contributed by atoms with Gasteiger partial charge in [-0.15, -0.1) is 0 Å². The molecule has 1 atom stereocenters. The number of hydrogen-bond donors (Lipinski definition) is 4. The minimum Gasteiger partial charge on any atom is -0.481 e. The van der Waals surface area contributed by atoms with Gasteiger partial charge in [-0.05, 0) is 86.0 Å². The minimum absolute atomic E-state index is 0.104. The molecular weight excluding hydrogens is 527 g/mol. The molecule has 4 aromatic rings. The first-order valence-corrected chi connectivity index (χ1v) is 12.9. The van der Waals surface area contributed by atoms with Gasteiger partial charge >= 0.3 is 5.97 Å². The van der Waals surface area contributed by atoms with E-state index >= 15 is 0 Å².